The molecular formula is C28H31ClN2O5S. The van der Waals surface area contributed by atoms with Gasteiger partial charge in [0.25, 0.3) is 11.5 Å². The Kier molecular flexibility index (Phi) is 9.72. The number of ether oxygens (including phenoxy) is 2. The summed E-state index contributed by atoms with van der Waals surface area (Å²) < 4.78 is 12.4. The zero-order valence-electron chi connectivity index (χ0n) is 21.5. The van der Waals surface area contributed by atoms with Crippen LogP contribution in [-0.4, -0.2) is 46.9 Å². The second-order valence-electron chi connectivity index (χ2n) is 8.86. The van der Waals surface area contributed by atoms with E-state index in [1.165, 1.54) is 17.4 Å². The van der Waals surface area contributed by atoms with Gasteiger partial charge >= 0.3 is 0 Å². The quantitative estimate of drug-likeness (QED) is 0.391. The third-order valence-electron chi connectivity index (χ3n) is 5.39. The van der Waals surface area contributed by atoms with Crippen molar-refractivity contribution >= 4 is 46.8 Å². The molecule has 37 heavy (non-hydrogen) atoms. The molecule has 0 aliphatic rings. The molecule has 0 fully saturated rings. The predicted molar refractivity (Wildman–Crippen MR) is 148 cm³/mol. The van der Waals surface area contributed by atoms with Gasteiger partial charge in [0, 0.05) is 28.7 Å². The molecule has 0 radical (unpaired) electrons. The normalized spacial score (nSPS) is 12.3. The molecule has 0 spiro atoms. The number of ketones is 1. The summed E-state index contributed by atoms with van der Waals surface area (Å²) in [7, 11) is 0. The van der Waals surface area contributed by atoms with Gasteiger partial charge in [0.2, 0.25) is 0 Å². The fourth-order valence-corrected chi connectivity index (χ4v) is 4.89. The molecule has 9 heteroatoms. The van der Waals surface area contributed by atoms with E-state index >= 15 is 0 Å². The van der Waals surface area contributed by atoms with E-state index in [9.17, 15) is 14.4 Å². The maximum atomic E-state index is 12.7. The summed E-state index contributed by atoms with van der Waals surface area (Å²) in [6, 6.07) is 11.9. The minimum Gasteiger partial charge on any atom is -0.490 e. The SMILES string of the molecule is CCOc1cc(/C=c2/s/c(=C\C(=O)c3ccc(Cl)cc3)[nH]c2=O)ccc1OCC(=O)N(C(C)C)C(C)C. The Labute approximate surface area is 225 Å². The number of aromatic nitrogens is 1. The third kappa shape index (κ3) is 7.57. The topological polar surface area (TPSA) is 88.7 Å². The van der Waals surface area contributed by atoms with Gasteiger partial charge < -0.3 is 19.4 Å². The van der Waals surface area contributed by atoms with Gasteiger partial charge in [-0.25, -0.2) is 0 Å². The van der Waals surface area contributed by atoms with Crippen LogP contribution < -0.4 is 24.2 Å². The van der Waals surface area contributed by atoms with Crippen LogP contribution in [0.15, 0.2) is 47.3 Å². The number of hydrogen-bond donors (Lipinski definition) is 1. The molecule has 1 amide bonds. The van der Waals surface area contributed by atoms with Crippen molar-refractivity contribution in [1.82, 2.24) is 9.88 Å². The highest BCUT2D eigenvalue weighted by molar-refractivity contribution is 7.07. The zero-order valence-corrected chi connectivity index (χ0v) is 23.1. The number of rotatable bonds is 10. The first-order chi connectivity index (χ1) is 17.6. The molecule has 0 unspecified atom stereocenters. The zero-order chi connectivity index (χ0) is 27.1. The molecule has 1 heterocycles. The van der Waals surface area contributed by atoms with E-state index < -0.39 is 0 Å². The van der Waals surface area contributed by atoms with E-state index in [2.05, 4.69) is 4.98 Å². The molecular weight excluding hydrogens is 512 g/mol. The van der Waals surface area contributed by atoms with E-state index in [1.54, 1.807) is 53.4 Å². The van der Waals surface area contributed by atoms with Crippen molar-refractivity contribution in [2.75, 3.05) is 13.2 Å². The van der Waals surface area contributed by atoms with Crippen LogP contribution in [0.4, 0.5) is 0 Å². The first kappa shape index (κ1) is 28.2. The van der Waals surface area contributed by atoms with Gasteiger partial charge in [0.1, 0.15) is 0 Å². The van der Waals surface area contributed by atoms with Gasteiger partial charge in [-0.3, -0.25) is 14.4 Å². The fourth-order valence-electron chi connectivity index (χ4n) is 3.88. The maximum absolute atomic E-state index is 12.7. The number of nitrogens with one attached hydrogen (secondary N) is 1. The number of thiazole rings is 1. The standard InChI is InChI=1S/C28H31ClN2O5S/c1-6-35-24-13-19(7-12-23(24)36-16-27(33)31(17(2)3)18(4)5)14-25-28(34)30-26(37-25)15-22(32)20-8-10-21(29)11-9-20/h7-15,17-18H,6,16H2,1-5H3,(H,30,34)/b25-14+,26-15-. The van der Waals surface area contributed by atoms with Gasteiger partial charge in [-0.1, -0.05) is 17.7 Å². The second kappa shape index (κ2) is 12.7. The van der Waals surface area contributed by atoms with Crippen LogP contribution in [-0.2, 0) is 4.79 Å². The summed E-state index contributed by atoms with van der Waals surface area (Å²) >= 11 is 7.06. The average molecular weight is 543 g/mol. The van der Waals surface area contributed by atoms with Crippen molar-refractivity contribution in [3.8, 4) is 11.5 Å². The maximum Gasteiger partial charge on any atom is 0.266 e. The minimum atomic E-state index is -0.300. The molecule has 0 saturated carbocycles. The molecule has 0 aliphatic heterocycles. The molecule has 0 atom stereocenters. The first-order valence-corrected chi connectivity index (χ1v) is 13.2. The number of aromatic amines is 1. The summed E-state index contributed by atoms with van der Waals surface area (Å²) in [4.78, 5) is 42.2. The molecule has 196 valence electrons. The predicted octanol–water partition coefficient (Wildman–Crippen LogP) is 4.00. The smallest absolute Gasteiger partial charge is 0.266 e. The van der Waals surface area contributed by atoms with Crippen molar-refractivity contribution in [1.29, 1.82) is 0 Å². The van der Waals surface area contributed by atoms with Crippen molar-refractivity contribution in [3.05, 3.63) is 78.2 Å². The number of H-pyrrole nitrogens is 1. The highest BCUT2D eigenvalue weighted by Gasteiger charge is 2.21. The Balaban J connectivity index is 1.84. The number of nitrogens with zero attached hydrogens (tertiary/aromatic N) is 1. The molecule has 0 bridgehead atoms. The van der Waals surface area contributed by atoms with E-state index in [0.717, 1.165) is 5.56 Å². The fraction of sp³-hybridized carbons (Fsp3) is 0.321. The largest absolute Gasteiger partial charge is 0.490 e. The van der Waals surface area contributed by atoms with Crippen LogP contribution in [0.5, 0.6) is 11.5 Å². The lowest BCUT2D eigenvalue weighted by Gasteiger charge is -2.30. The first-order valence-electron chi connectivity index (χ1n) is 12.0. The van der Waals surface area contributed by atoms with E-state index in [-0.39, 0.29) is 35.9 Å². The third-order valence-corrected chi connectivity index (χ3v) is 6.60. The number of halogens is 1. The highest BCUT2D eigenvalue weighted by Crippen LogP contribution is 2.29. The molecule has 2 aromatic carbocycles. The Hall–Kier alpha value is -3.36. The van der Waals surface area contributed by atoms with E-state index in [0.29, 0.717) is 37.9 Å². The summed E-state index contributed by atoms with van der Waals surface area (Å²) in [5, 5.41) is 0.542. The monoisotopic (exact) mass is 542 g/mol. The number of Topliss-reactive ketones (excluding diaryl/α,β-unsaturated/α-hetero) is 1. The molecule has 0 aliphatic carbocycles. The Bertz CT molecular complexity index is 1420. The summed E-state index contributed by atoms with van der Waals surface area (Å²) in [6.07, 6.45) is 3.11. The highest BCUT2D eigenvalue weighted by atomic mass is 35.5. The molecule has 3 rings (SSSR count). The lowest BCUT2D eigenvalue weighted by atomic mass is 10.1. The molecule has 1 aromatic heterocycles. The van der Waals surface area contributed by atoms with Gasteiger partial charge in [-0.05, 0) is 82.7 Å². The number of benzene rings is 2. The summed E-state index contributed by atoms with van der Waals surface area (Å²) in [5.41, 5.74) is 0.895. The van der Waals surface area contributed by atoms with Crippen molar-refractivity contribution in [3.63, 3.8) is 0 Å². The van der Waals surface area contributed by atoms with Crippen LogP contribution in [0.3, 0.4) is 0 Å². The minimum absolute atomic E-state index is 0.0620. The van der Waals surface area contributed by atoms with Crippen molar-refractivity contribution < 1.29 is 19.1 Å². The summed E-state index contributed by atoms with van der Waals surface area (Å²) in [6.45, 7) is 10.0. The lowest BCUT2D eigenvalue weighted by molar-refractivity contribution is -0.137. The van der Waals surface area contributed by atoms with Gasteiger partial charge in [-0.15, -0.1) is 11.3 Å². The van der Waals surface area contributed by atoms with Crippen LogP contribution in [0.25, 0.3) is 12.2 Å². The number of carbonyl (C=O) groups is 2. The Morgan fingerprint density at radius 2 is 1.70 bits per heavy atom. The molecule has 3 aromatic rings. The Morgan fingerprint density at radius 1 is 1.03 bits per heavy atom. The van der Waals surface area contributed by atoms with Crippen LogP contribution in [0.2, 0.25) is 5.02 Å². The van der Waals surface area contributed by atoms with E-state index in [1.807, 2.05) is 34.6 Å². The Morgan fingerprint density at radius 3 is 2.32 bits per heavy atom. The molecule has 1 N–H and O–H groups in total. The van der Waals surface area contributed by atoms with Crippen molar-refractivity contribution in [2.24, 2.45) is 0 Å². The molecule has 0 saturated heterocycles. The van der Waals surface area contributed by atoms with Crippen LogP contribution in [0.1, 0.15) is 50.5 Å². The molecule has 7 nitrogen and oxygen atoms in total. The van der Waals surface area contributed by atoms with Crippen molar-refractivity contribution in [2.45, 2.75) is 46.7 Å². The van der Waals surface area contributed by atoms with E-state index in [4.69, 9.17) is 21.1 Å². The van der Waals surface area contributed by atoms with Gasteiger partial charge in [-0.2, -0.15) is 0 Å². The number of carbonyl (C=O) groups excluding carboxylic acids is 2. The summed E-state index contributed by atoms with van der Waals surface area (Å²) in [5.74, 6) is 0.582. The lowest BCUT2D eigenvalue weighted by Crippen LogP contribution is -2.44. The van der Waals surface area contributed by atoms with Crippen LogP contribution in [0, 0.1) is 0 Å². The second-order valence-corrected chi connectivity index (χ2v) is 10.4. The number of amides is 1. The number of hydrogen-bond acceptors (Lipinski definition) is 6. The average Bonchev–Trinajstić information content (AvgIpc) is 3.16. The van der Waals surface area contributed by atoms with Crippen LogP contribution >= 0.6 is 22.9 Å². The van der Waals surface area contributed by atoms with Gasteiger partial charge in [0.15, 0.2) is 23.9 Å². The van der Waals surface area contributed by atoms with Gasteiger partial charge in [0.05, 0.1) is 15.8 Å².